The van der Waals surface area contributed by atoms with E-state index < -0.39 is 0 Å². The van der Waals surface area contributed by atoms with Crippen LogP contribution in [0.4, 0.5) is 5.82 Å². The van der Waals surface area contributed by atoms with Crippen molar-refractivity contribution in [2.45, 2.75) is 37.1 Å². The van der Waals surface area contributed by atoms with Gasteiger partial charge in [-0.15, -0.1) is 0 Å². The van der Waals surface area contributed by atoms with Crippen LogP contribution in [-0.4, -0.2) is 48.6 Å². The fourth-order valence-electron chi connectivity index (χ4n) is 3.09. The summed E-state index contributed by atoms with van der Waals surface area (Å²) in [4.78, 5) is 12.5. The maximum atomic E-state index is 6.15. The number of hydrogen-bond acceptors (Lipinski definition) is 5. The first-order valence-electron chi connectivity index (χ1n) is 7.40. The molecule has 0 aliphatic carbocycles. The number of hydrogen-bond donors (Lipinski definition) is 0. The smallest absolute Gasteiger partial charge is 0.254 e. The van der Waals surface area contributed by atoms with Gasteiger partial charge in [-0.25, -0.2) is 4.98 Å². The van der Waals surface area contributed by atoms with Gasteiger partial charge in [0.25, 0.3) is 4.90 Å². The highest BCUT2D eigenvalue weighted by molar-refractivity contribution is 7.92. The van der Waals surface area contributed by atoms with Crippen LogP contribution in [0.1, 0.15) is 25.5 Å². The van der Waals surface area contributed by atoms with Gasteiger partial charge >= 0.3 is 0 Å². The molecule has 1 atom stereocenters. The lowest BCUT2D eigenvalue weighted by molar-refractivity contribution is 0.0844. The van der Waals surface area contributed by atoms with E-state index in [1.54, 1.807) is 7.11 Å². The Morgan fingerprint density at radius 2 is 2.14 bits per heavy atom. The fraction of sp³-hybridized carbons (Fsp3) is 0.714. The summed E-state index contributed by atoms with van der Waals surface area (Å²) in [6.45, 7) is 4.71. The van der Waals surface area contributed by atoms with Crippen LogP contribution in [0.25, 0.3) is 0 Å². The number of fused-ring (bicyclic) bond motifs is 1. The van der Waals surface area contributed by atoms with Crippen LogP contribution in [0.5, 0.6) is 0 Å². The van der Waals surface area contributed by atoms with E-state index in [2.05, 4.69) is 21.8 Å². The number of ether oxygens (including phenoxy) is 1. The summed E-state index contributed by atoms with van der Waals surface area (Å²) in [5.41, 5.74) is 1.06. The first-order valence-corrected chi connectivity index (χ1v) is 9.10. The lowest BCUT2D eigenvalue weighted by Gasteiger charge is -2.34. The average molecular weight is 331 g/mol. The monoisotopic (exact) mass is 330 g/mol. The van der Waals surface area contributed by atoms with Crippen molar-refractivity contribution in [3.63, 3.8) is 0 Å². The van der Waals surface area contributed by atoms with Crippen LogP contribution in [0.3, 0.4) is 0 Å². The van der Waals surface area contributed by atoms with Crippen molar-refractivity contribution in [1.82, 2.24) is 9.97 Å². The molecule has 2 aliphatic rings. The number of anilines is 1. The Bertz CT molecular complexity index is 511. The van der Waals surface area contributed by atoms with Gasteiger partial charge in [0.15, 0.2) is 22.7 Å². The van der Waals surface area contributed by atoms with E-state index in [1.807, 2.05) is 0 Å². The molecule has 1 fully saturated rings. The third kappa shape index (κ3) is 2.99. The zero-order chi connectivity index (χ0) is 14.8. The molecule has 1 aromatic heterocycles. The molecule has 0 spiro atoms. The molecule has 0 radical (unpaired) electrons. The van der Waals surface area contributed by atoms with Gasteiger partial charge in [0.2, 0.25) is 5.28 Å². The van der Waals surface area contributed by atoms with Gasteiger partial charge in [-0.2, -0.15) is 9.17 Å². The summed E-state index contributed by atoms with van der Waals surface area (Å²) in [6.07, 6.45) is 2.99. The van der Waals surface area contributed by atoms with Crippen LogP contribution in [0.2, 0.25) is 5.28 Å². The van der Waals surface area contributed by atoms with Crippen LogP contribution in [0.15, 0.2) is 4.90 Å². The molecule has 21 heavy (non-hydrogen) atoms. The highest BCUT2D eigenvalue weighted by atomic mass is 35.5. The number of halogens is 1. The Labute approximate surface area is 133 Å². The SMILES string of the molecule is CCN(c1nc(Cl)nc2c1[S+](OC)CC2)C1CCOCC1. The summed E-state index contributed by atoms with van der Waals surface area (Å²) in [6, 6.07) is 0.460. The van der Waals surface area contributed by atoms with Gasteiger partial charge in [-0.1, -0.05) is 0 Å². The lowest BCUT2D eigenvalue weighted by Crippen LogP contribution is -2.40. The van der Waals surface area contributed by atoms with E-state index in [-0.39, 0.29) is 11.2 Å². The van der Waals surface area contributed by atoms with Crippen molar-refractivity contribution in [2.75, 3.05) is 37.5 Å². The molecular weight excluding hydrogens is 310 g/mol. The van der Waals surface area contributed by atoms with Crippen molar-refractivity contribution in [2.24, 2.45) is 0 Å². The summed E-state index contributed by atoms with van der Waals surface area (Å²) >= 11 is 5.94. The Balaban J connectivity index is 1.99. The van der Waals surface area contributed by atoms with Crippen LogP contribution >= 0.6 is 11.6 Å². The molecule has 2 aliphatic heterocycles. The third-order valence-corrected chi connectivity index (χ3v) is 6.11. The van der Waals surface area contributed by atoms with E-state index in [1.165, 1.54) is 0 Å². The largest absolute Gasteiger partial charge is 0.381 e. The Kier molecular flexibility index (Phi) is 4.88. The van der Waals surface area contributed by atoms with E-state index in [0.29, 0.717) is 11.3 Å². The van der Waals surface area contributed by atoms with E-state index in [9.17, 15) is 0 Å². The molecule has 7 heteroatoms. The fourth-order valence-corrected chi connectivity index (χ4v) is 4.96. The van der Waals surface area contributed by atoms with Crippen molar-refractivity contribution in [1.29, 1.82) is 0 Å². The quantitative estimate of drug-likeness (QED) is 0.626. The van der Waals surface area contributed by atoms with E-state index in [0.717, 1.165) is 61.2 Å². The normalized spacial score (nSPS) is 22.3. The third-order valence-electron chi connectivity index (χ3n) is 4.09. The standard InChI is InChI=1S/C14H21ClN3O2S/c1-3-18(10-4-7-20-8-5-10)13-12-11(16-14(15)17-13)6-9-21(12)19-2/h10H,3-9H2,1-2H3/q+1. The molecule has 1 unspecified atom stereocenters. The molecule has 3 rings (SSSR count). The molecule has 3 heterocycles. The van der Waals surface area contributed by atoms with Crippen molar-refractivity contribution >= 4 is 28.6 Å². The maximum absolute atomic E-state index is 6.15. The minimum Gasteiger partial charge on any atom is -0.381 e. The van der Waals surface area contributed by atoms with Crippen molar-refractivity contribution in [3.8, 4) is 0 Å². The molecule has 1 aromatic rings. The predicted molar refractivity (Wildman–Crippen MR) is 85.1 cm³/mol. The second-order valence-corrected chi connectivity index (χ2v) is 7.37. The summed E-state index contributed by atoms with van der Waals surface area (Å²) in [7, 11) is 1.77. The number of nitrogens with zero attached hydrogens (tertiary/aromatic N) is 3. The van der Waals surface area contributed by atoms with Gasteiger partial charge < -0.3 is 9.64 Å². The van der Waals surface area contributed by atoms with Crippen LogP contribution in [0, 0.1) is 0 Å². The first-order chi connectivity index (χ1) is 10.2. The number of aryl methyl sites for hydroxylation is 1. The van der Waals surface area contributed by atoms with Crippen molar-refractivity contribution in [3.05, 3.63) is 11.0 Å². The molecule has 0 bridgehead atoms. The number of aromatic nitrogens is 2. The second kappa shape index (κ2) is 6.69. The van der Waals surface area contributed by atoms with Gasteiger partial charge in [0.05, 0.1) is 7.11 Å². The summed E-state index contributed by atoms with van der Waals surface area (Å²) in [5, 5.41) is 0.343. The van der Waals surface area contributed by atoms with Gasteiger partial charge in [0, 0.05) is 32.2 Å². The molecule has 0 amide bonds. The highest BCUT2D eigenvalue weighted by Gasteiger charge is 2.42. The van der Waals surface area contributed by atoms with Crippen LogP contribution in [-0.2, 0) is 26.5 Å². The second-order valence-electron chi connectivity index (χ2n) is 5.19. The molecule has 0 aromatic carbocycles. The summed E-state index contributed by atoms with van der Waals surface area (Å²) < 4.78 is 11.1. The first kappa shape index (κ1) is 15.3. The van der Waals surface area contributed by atoms with Crippen LogP contribution < -0.4 is 4.90 Å². The lowest BCUT2D eigenvalue weighted by atomic mass is 10.1. The maximum Gasteiger partial charge on any atom is 0.254 e. The van der Waals surface area contributed by atoms with Gasteiger partial charge in [-0.05, 0) is 31.4 Å². The number of rotatable bonds is 4. The molecule has 0 saturated carbocycles. The summed E-state index contributed by atoms with van der Waals surface area (Å²) in [5.74, 6) is 1.96. The van der Waals surface area contributed by atoms with E-state index in [4.69, 9.17) is 20.5 Å². The Hall–Kier alpha value is -0.560. The minimum atomic E-state index is -0.212. The molecule has 1 saturated heterocycles. The molecule has 0 N–H and O–H groups in total. The Morgan fingerprint density at radius 3 is 2.81 bits per heavy atom. The van der Waals surface area contributed by atoms with Gasteiger partial charge in [-0.3, -0.25) is 0 Å². The van der Waals surface area contributed by atoms with Gasteiger partial charge in [0.1, 0.15) is 5.69 Å². The minimum absolute atomic E-state index is 0.212. The predicted octanol–water partition coefficient (Wildman–Crippen LogP) is 2.23. The van der Waals surface area contributed by atoms with E-state index >= 15 is 0 Å². The molecular formula is C14H21ClN3O2S+. The molecule has 5 nitrogen and oxygen atoms in total. The Morgan fingerprint density at radius 1 is 1.38 bits per heavy atom. The average Bonchev–Trinajstić information content (AvgIpc) is 2.92. The zero-order valence-electron chi connectivity index (χ0n) is 12.5. The molecule has 116 valence electrons. The highest BCUT2D eigenvalue weighted by Crippen LogP contribution is 2.36. The van der Waals surface area contributed by atoms with Crippen molar-refractivity contribution < 1.29 is 8.92 Å². The topological polar surface area (TPSA) is 47.5 Å². The zero-order valence-corrected chi connectivity index (χ0v) is 14.0.